The zero-order chi connectivity index (χ0) is 22.2. The molecule has 4 aromatic carbocycles. The molecule has 0 unspecified atom stereocenters. The summed E-state index contributed by atoms with van der Waals surface area (Å²) in [6.45, 7) is 0.271. The highest BCUT2D eigenvalue weighted by Gasteiger charge is 2.15. The molecule has 0 aliphatic heterocycles. The number of ether oxygens (including phenoxy) is 2. The van der Waals surface area contributed by atoms with Crippen molar-refractivity contribution in [2.45, 2.75) is 12.2 Å². The molecule has 0 aliphatic carbocycles. The molecule has 32 heavy (non-hydrogen) atoms. The minimum Gasteiger partial charge on any atom is -0.490 e. The largest absolute Gasteiger partial charge is 0.490 e. The highest BCUT2D eigenvalue weighted by atomic mass is 16.5. The van der Waals surface area contributed by atoms with Gasteiger partial charge >= 0.3 is 0 Å². The molecule has 0 amide bonds. The Morgan fingerprint density at radius 3 is 1.22 bits per heavy atom. The number of hydrogen-bond donors (Lipinski definition) is 2. The third-order valence-corrected chi connectivity index (χ3v) is 5.23. The molecule has 4 aromatic rings. The van der Waals surface area contributed by atoms with Crippen molar-refractivity contribution in [1.29, 1.82) is 0 Å². The Labute approximate surface area is 188 Å². The lowest BCUT2D eigenvalue weighted by Crippen LogP contribution is -2.11. The number of aliphatic hydroxyl groups excluding tert-OH is 2. The summed E-state index contributed by atoms with van der Waals surface area (Å²) in [6.07, 6.45) is -1.45. The zero-order valence-electron chi connectivity index (χ0n) is 17.7. The molecule has 0 saturated carbocycles. The van der Waals surface area contributed by atoms with Crippen LogP contribution in [-0.4, -0.2) is 23.4 Å². The average molecular weight is 427 g/mol. The van der Waals surface area contributed by atoms with Gasteiger partial charge in [-0.2, -0.15) is 0 Å². The Morgan fingerprint density at radius 1 is 0.469 bits per heavy atom. The molecule has 0 fully saturated rings. The summed E-state index contributed by atoms with van der Waals surface area (Å²) in [4.78, 5) is 0. The van der Waals surface area contributed by atoms with E-state index >= 15 is 0 Å². The van der Waals surface area contributed by atoms with Gasteiger partial charge in [0.25, 0.3) is 0 Å². The Balaban J connectivity index is 1.50. The highest BCUT2D eigenvalue weighted by molar-refractivity contribution is 5.75. The lowest BCUT2D eigenvalue weighted by molar-refractivity contribution is 0.107. The van der Waals surface area contributed by atoms with Crippen molar-refractivity contribution in [2.75, 3.05) is 13.2 Å². The van der Waals surface area contributed by atoms with Crippen LogP contribution >= 0.6 is 0 Å². The highest BCUT2D eigenvalue weighted by Crippen LogP contribution is 2.37. The molecule has 2 atom stereocenters. The fraction of sp³-hybridized carbons (Fsp3) is 0.143. The standard InChI is InChI=1S/C28H26O4/c29-25(21-11-3-1-4-12-21)19-31-27-17-9-7-15-23(27)24-16-8-10-18-28(24)32-20-26(30)22-13-5-2-6-14-22/h1-18,25-26,29-30H,19-20H2/t25-,26-/m1/s1. The molecule has 0 heterocycles. The van der Waals surface area contributed by atoms with Gasteiger partial charge in [0.1, 0.15) is 36.9 Å². The molecule has 0 spiro atoms. The predicted octanol–water partition coefficient (Wildman–Crippen LogP) is 5.58. The van der Waals surface area contributed by atoms with Crippen LogP contribution in [0.1, 0.15) is 23.3 Å². The van der Waals surface area contributed by atoms with E-state index in [2.05, 4.69) is 0 Å². The van der Waals surface area contributed by atoms with Gasteiger partial charge in [-0.05, 0) is 23.3 Å². The van der Waals surface area contributed by atoms with Crippen LogP contribution < -0.4 is 9.47 Å². The van der Waals surface area contributed by atoms with E-state index in [1.165, 1.54) is 0 Å². The van der Waals surface area contributed by atoms with E-state index in [0.29, 0.717) is 11.5 Å². The van der Waals surface area contributed by atoms with Crippen LogP contribution in [0.25, 0.3) is 11.1 Å². The number of aliphatic hydroxyl groups is 2. The Bertz CT molecular complexity index is 1020. The van der Waals surface area contributed by atoms with Crippen molar-refractivity contribution >= 4 is 0 Å². The maximum atomic E-state index is 10.5. The van der Waals surface area contributed by atoms with Crippen LogP contribution in [0.5, 0.6) is 11.5 Å². The number of hydrogen-bond acceptors (Lipinski definition) is 4. The van der Waals surface area contributed by atoms with Crippen molar-refractivity contribution in [3.63, 3.8) is 0 Å². The van der Waals surface area contributed by atoms with Gasteiger partial charge in [-0.3, -0.25) is 0 Å². The fourth-order valence-corrected chi connectivity index (χ4v) is 3.51. The molecule has 0 aliphatic rings. The predicted molar refractivity (Wildman–Crippen MR) is 126 cm³/mol. The minimum absolute atomic E-state index is 0.136. The molecule has 0 saturated heterocycles. The van der Waals surface area contributed by atoms with E-state index < -0.39 is 12.2 Å². The second-order valence-corrected chi connectivity index (χ2v) is 7.47. The van der Waals surface area contributed by atoms with E-state index in [4.69, 9.17) is 9.47 Å². The molecule has 162 valence electrons. The molecule has 0 bridgehead atoms. The van der Waals surface area contributed by atoms with Gasteiger partial charge < -0.3 is 19.7 Å². The second-order valence-electron chi connectivity index (χ2n) is 7.47. The quantitative estimate of drug-likeness (QED) is 0.367. The number of rotatable bonds is 9. The van der Waals surface area contributed by atoms with Gasteiger partial charge in [-0.25, -0.2) is 0 Å². The van der Waals surface area contributed by atoms with Crippen molar-refractivity contribution in [1.82, 2.24) is 0 Å². The summed E-state index contributed by atoms with van der Waals surface area (Å²) in [7, 11) is 0. The van der Waals surface area contributed by atoms with Crippen LogP contribution in [-0.2, 0) is 0 Å². The van der Waals surface area contributed by atoms with E-state index in [9.17, 15) is 10.2 Å². The molecular weight excluding hydrogens is 400 g/mol. The summed E-state index contributed by atoms with van der Waals surface area (Å²) >= 11 is 0. The van der Waals surface area contributed by atoms with Crippen molar-refractivity contribution in [3.8, 4) is 22.6 Å². The van der Waals surface area contributed by atoms with Crippen LogP contribution in [0.4, 0.5) is 0 Å². The molecule has 4 rings (SSSR count). The summed E-state index contributed by atoms with van der Waals surface area (Å²) in [5, 5.41) is 20.9. The smallest absolute Gasteiger partial charge is 0.127 e. The fourth-order valence-electron chi connectivity index (χ4n) is 3.51. The second kappa shape index (κ2) is 10.6. The molecule has 4 nitrogen and oxygen atoms in total. The molecule has 0 aromatic heterocycles. The maximum absolute atomic E-state index is 10.5. The Kier molecular flexibility index (Phi) is 7.18. The van der Waals surface area contributed by atoms with Crippen molar-refractivity contribution < 1.29 is 19.7 Å². The summed E-state index contributed by atoms with van der Waals surface area (Å²) < 4.78 is 12.0. The topological polar surface area (TPSA) is 58.9 Å². The number of benzene rings is 4. The SMILES string of the molecule is O[C@H](COc1ccccc1-c1ccccc1OC[C@@H](O)c1ccccc1)c1ccccc1. The summed E-state index contributed by atoms with van der Waals surface area (Å²) in [5.41, 5.74) is 3.34. The zero-order valence-corrected chi connectivity index (χ0v) is 17.7. The van der Waals surface area contributed by atoms with Gasteiger partial charge in [0.05, 0.1) is 0 Å². The molecule has 2 N–H and O–H groups in total. The Hall–Kier alpha value is -3.60. The van der Waals surface area contributed by atoms with Crippen molar-refractivity contribution in [2.24, 2.45) is 0 Å². The average Bonchev–Trinajstić information content (AvgIpc) is 2.87. The van der Waals surface area contributed by atoms with Gasteiger partial charge in [-0.1, -0.05) is 97.1 Å². The first-order chi connectivity index (χ1) is 15.7. The molecule has 0 radical (unpaired) electrons. The normalized spacial score (nSPS) is 12.7. The lowest BCUT2D eigenvalue weighted by atomic mass is 10.0. The first kappa shape index (κ1) is 21.6. The minimum atomic E-state index is -0.725. The van der Waals surface area contributed by atoms with Crippen LogP contribution in [0.2, 0.25) is 0 Å². The maximum Gasteiger partial charge on any atom is 0.127 e. The third kappa shape index (κ3) is 5.35. The molecule has 4 heteroatoms. The summed E-state index contributed by atoms with van der Waals surface area (Å²) in [6, 6.07) is 34.2. The van der Waals surface area contributed by atoms with Crippen molar-refractivity contribution in [3.05, 3.63) is 120 Å². The lowest BCUT2D eigenvalue weighted by Gasteiger charge is -2.18. The first-order valence-corrected chi connectivity index (χ1v) is 10.6. The van der Waals surface area contributed by atoms with E-state index in [1.807, 2.05) is 109 Å². The van der Waals surface area contributed by atoms with E-state index in [0.717, 1.165) is 22.3 Å². The van der Waals surface area contributed by atoms with E-state index in [-0.39, 0.29) is 13.2 Å². The van der Waals surface area contributed by atoms with Gasteiger partial charge in [0, 0.05) is 11.1 Å². The molecular formula is C28H26O4. The van der Waals surface area contributed by atoms with Crippen LogP contribution in [0.3, 0.4) is 0 Å². The third-order valence-electron chi connectivity index (χ3n) is 5.23. The van der Waals surface area contributed by atoms with Crippen LogP contribution in [0, 0.1) is 0 Å². The Morgan fingerprint density at radius 2 is 0.812 bits per heavy atom. The van der Waals surface area contributed by atoms with Gasteiger partial charge in [-0.15, -0.1) is 0 Å². The van der Waals surface area contributed by atoms with E-state index in [1.54, 1.807) is 0 Å². The monoisotopic (exact) mass is 426 g/mol. The van der Waals surface area contributed by atoms with Gasteiger partial charge in [0.15, 0.2) is 0 Å². The first-order valence-electron chi connectivity index (χ1n) is 10.6. The van der Waals surface area contributed by atoms with Gasteiger partial charge in [0.2, 0.25) is 0 Å². The summed E-state index contributed by atoms with van der Waals surface area (Å²) in [5.74, 6) is 1.31. The van der Waals surface area contributed by atoms with Crippen LogP contribution in [0.15, 0.2) is 109 Å². The number of para-hydroxylation sites is 2.